The molecular formula is C14H10BrCl2F2NO. The monoisotopic (exact) mass is 395 g/mol. The van der Waals surface area contributed by atoms with Crippen LogP contribution in [0.5, 0.6) is 5.75 Å². The molecule has 2 aromatic rings. The van der Waals surface area contributed by atoms with Crippen molar-refractivity contribution in [2.24, 2.45) is 0 Å². The lowest BCUT2D eigenvalue weighted by Gasteiger charge is -2.13. The molecular weight excluding hydrogens is 387 g/mol. The Morgan fingerprint density at radius 1 is 1.10 bits per heavy atom. The quantitative estimate of drug-likeness (QED) is 0.672. The van der Waals surface area contributed by atoms with Crippen LogP contribution in [0.4, 0.5) is 14.5 Å². The number of anilines is 1. The lowest BCUT2D eigenvalue weighted by molar-refractivity contribution is -0.0504. The Balaban J connectivity index is 2.16. The van der Waals surface area contributed by atoms with Gasteiger partial charge in [-0.15, -0.1) is 0 Å². The maximum absolute atomic E-state index is 12.4. The van der Waals surface area contributed by atoms with Crippen LogP contribution in [0.2, 0.25) is 10.0 Å². The van der Waals surface area contributed by atoms with Crippen LogP contribution in [-0.4, -0.2) is 6.61 Å². The lowest BCUT2D eigenvalue weighted by Crippen LogP contribution is -2.07. The Hall–Kier alpha value is -1.04. The molecule has 0 amide bonds. The first-order valence-corrected chi connectivity index (χ1v) is 7.43. The van der Waals surface area contributed by atoms with E-state index < -0.39 is 6.61 Å². The van der Waals surface area contributed by atoms with E-state index in [4.69, 9.17) is 23.2 Å². The lowest BCUT2D eigenvalue weighted by atomic mass is 10.2. The standard InChI is InChI=1S/C14H10BrCl2F2NO/c15-11-6-10(17)1-3-12(11)20-7-8-5-9(16)2-4-13(8)21-14(18)19/h1-6,14,20H,7H2. The molecule has 2 rings (SSSR count). The van der Waals surface area contributed by atoms with Gasteiger partial charge in [0.15, 0.2) is 0 Å². The predicted octanol–water partition coefficient (Wildman–Crippen LogP) is 5.97. The number of halogens is 5. The number of benzene rings is 2. The number of hydrogen-bond acceptors (Lipinski definition) is 2. The van der Waals surface area contributed by atoms with Gasteiger partial charge in [-0.1, -0.05) is 23.2 Å². The van der Waals surface area contributed by atoms with E-state index >= 15 is 0 Å². The summed E-state index contributed by atoms with van der Waals surface area (Å²) in [5.41, 5.74) is 1.31. The molecule has 0 fully saturated rings. The van der Waals surface area contributed by atoms with Gasteiger partial charge in [-0.25, -0.2) is 0 Å². The number of ether oxygens (including phenoxy) is 1. The predicted molar refractivity (Wildman–Crippen MR) is 84.6 cm³/mol. The van der Waals surface area contributed by atoms with E-state index in [1.54, 1.807) is 24.3 Å². The highest BCUT2D eigenvalue weighted by molar-refractivity contribution is 9.10. The Morgan fingerprint density at radius 3 is 2.43 bits per heavy atom. The summed E-state index contributed by atoms with van der Waals surface area (Å²) in [6, 6.07) is 9.74. The largest absolute Gasteiger partial charge is 0.434 e. The molecule has 0 aliphatic rings. The molecule has 0 heterocycles. The first kappa shape index (κ1) is 16.3. The average molecular weight is 397 g/mol. The molecule has 0 spiro atoms. The molecule has 0 bridgehead atoms. The minimum Gasteiger partial charge on any atom is -0.434 e. The van der Waals surface area contributed by atoms with Crippen LogP contribution < -0.4 is 10.1 Å². The molecule has 112 valence electrons. The summed E-state index contributed by atoms with van der Waals surface area (Å²) >= 11 is 15.1. The van der Waals surface area contributed by atoms with Gasteiger partial charge >= 0.3 is 6.61 Å². The third kappa shape index (κ3) is 4.73. The molecule has 0 saturated heterocycles. The zero-order valence-electron chi connectivity index (χ0n) is 10.5. The molecule has 0 aliphatic heterocycles. The summed E-state index contributed by atoms with van der Waals surface area (Å²) in [7, 11) is 0. The van der Waals surface area contributed by atoms with E-state index in [0.29, 0.717) is 15.6 Å². The summed E-state index contributed by atoms with van der Waals surface area (Å²) in [4.78, 5) is 0. The second-order valence-corrected chi connectivity index (χ2v) is 5.84. The summed E-state index contributed by atoms with van der Waals surface area (Å²) < 4.78 is 30.0. The van der Waals surface area contributed by atoms with Crippen LogP contribution in [-0.2, 0) is 6.54 Å². The summed E-state index contributed by atoms with van der Waals surface area (Å²) in [6.07, 6.45) is 0. The van der Waals surface area contributed by atoms with E-state index in [2.05, 4.69) is 26.0 Å². The Bertz CT molecular complexity index is 640. The van der Waals surface area contributed by atoms with Gasteiger partial charge in [0.05, 0.1) is 0 Å². The Kier molecular flexibility index (Phi) is 5.67. The summed E-state index contributed by atoms with van der Waals surface area (Å²) in [5.74, 6) is 0.0898. The van der Waals surface area contributed by atoms with Crippen molar-refractivity contribution >= 4 is 44.8 Å². The molecule has 2 aromatic carbocycles. The molecule has 1 N–H and O–H groups in total. The average Bonchev–Trinajstić information content (AvgIpc) is 2.40. The van der Waals surface area contributed by atoms with Crippen molar-refractivity contribution in [3.8, 4) is 5.75 Å². The molecule has 0 atom stereocenters. The van der Waals surface area contributed by atoms with Crippen molar-refractivity contribution in [1.82, 2.24) is 0 Å². The highest BCUT2D eigenvalue weighted by Crippen LogP contribution is 2.29. The second kappa shape index (κ2) is 7.29. The highest BCUT2D eigenvalue weighted by Gasteiger charge is 2.11. The van der Waals surface area contributed by atoms with Gasteiger partial charge in [0.2, 0.25) is 0 Å². The smallest absolute Gasteiger partial charge is 0.387 e. The SMILES string of the molecule is FC(F)Oc1ccc(Cl)cc1CNc1ccc(Cl)cc1Br. The maximum atomic E-state index is 12.4. The molecule has 0 aliphatic carbocycles. The van der Waals surface area contributed by atoms with E-state index in [-0.39, 0.29) is 12.3 Å². The van der Waals surface area contributed by atoms with Crippen LogP contribution in [0.3, 0.4) is 0 Å². The van der Waals surface area contributed by atoms with Gasteiger partial charge in [0.25, 0.3) is 0 Å². The van der Waals surface area contributed by atoms with Gasteiger partial charge in [-0.2, -0.15) is 8.78 Å². The van der Waals surface area contributed by atoms with Crippen molar-refractivity contribution in [2.45, 2.75) is 13.2 Å². The minimum absolute atomic E-state index is 0.0898. The van der Waals surface area contributed by atoms with Gasteiger partial charge in [-0.3, -0.25) is 0 Å². The van der Waals surface area contributed by atoms with Crippen LogP contribution in [0.15, 0.2) is 40.9 Å². The van der Waals surface area contributed by atoms with Gasteiger partial charge in [0, 0.05) is 32.3 Å². The van der Waals surface area contributed by atoms with Gasteiger partial charge < -0.3 is 10.1 Å². The number of rotatable bonds is 5. The highest BCUT2D eigenvalue weighted by atomic mass is 79.9. The number of nitrogens with one attached hydrogen (secondary N) is 1. The second-order valence-electron chi connectivity index (χ2n) is 4.11. The molecule has 0 saturated carbocycles. The molecule has 0 radical (unpaired) electrons. The first-order chi connectivity index (χ1) is 9.95. The van der Waals surface area contributed by atoms with Crippen LogP contribution >= 0.6 is 39.1 Å². The van der Waals surface area contributed by atoms with Crippen LogP contribution in [0, 0.1) is 0 Å². The zero-order chi connectivity index (χ0) is 15.4. The minimum atomic E-state index is -2.88. The van der Waals surface area contributed by atoms with E-state index in [0.717, 1.165) is 10.2 Å². The van der Waals surface area contributed by atoms with Crippen molar-refractivity contribution < 1.29 is 13.5 Å². The number of alkyl halides is 2. The zero-order valence-corrected chi connectivity index (χ0v) is 13.6. The molecule has 0 unspecified atom stereocenters. The van der Waals surface area contributed by atoms with Crippen molar-refractivity contribution in [3.05, 3.63) is 56.5 Å². The van der Waals surface area contributed by atoms with Crippen molar-refractivity contribution in [2.75, 3.05) is 5.32 Å². The van der Waals surface area contributed by atoms with E-state index in [9.17, 15) is 8.78 Å². The number of hydrogen-bond donors (Lipinski definition) is 1. The first-order valence-electron chi connectivity index (χ1n) is 5.88. The molecule has 2 nitrogen and oxygen atoms in total. The van der Waals surface area contributed by atoms with Crippen LogP contribution in [0.1, 0.15) is 5.56 Å². The Labute approximate surface area is 139 Å². The third-order valence-electron chi connectivity index (χ3n) is 2.64. The van der Waals surface area contributed by atoms with Crippen molar-refractivity contribution in [1.29, 1.82) is 0 Å². The van der Waals surface area contributed by atoms with Crippen molar-refractivity contribution in [3.63, 3.8) is 0 Å². The van der Waals surface area contributed by atoms with E-state index in [1.807, 2.05) is 0 Å². The third-order valence-corrected chi connectivity index (χ3v) is 3.77. The van der Waals surface area contributed by atoms with Gasteiger partial charge in [0.1, 0.15) is 5.75 Å². The van der Waals surface area contributed by atoms with Gasteiger partial charge in [-0.05, 0) is 52.3 Å². The normalized spacial score (nSPS) is 10.8. The summed E-state index contributed by atoms with van der Waals surface area (Å²) in [6.45, 7) is -2.60. The van der Waals surface area contributed by atoms with E-state index in [1.165, 1.54) is 12.1 Å². The van der Waals surface area contributed by atoms with Crippen LogP contribution in [0.25, 0.3) is 0 Å². The fraction of sp³-hybridized carbons (Fsp3) is 0.143. The molecule has 0 aromatic heterocycles. The fourth-order valence-corrected chi connectivity index (χ4v) is 2.74. The summed E-state index contributed by atoms with van der Waals surface area (Å²) in [5, 5.41) is 4.15. The fourth-order valence-electron chi connectivity index (χ4n) is 1.72. The topological polar surface area (TPSA) is 21.3 Å². The molecule has 21 heavy (non-hydrogen) atoms. The molecule has 7 heteroatoms. The Morgan fingerprint density at radius 2 is 1.76 bits per heavy atom. The maximum Gasteiger partial charge on any atom is 0.387 e.